The van der Waals surface area contributed by atoms with Crippen LogP contribution in [0.4, 0.5) is 5.69 Å². The van der Waals surface area contributed by atoms with Gasteiger partial charge < -0.3 is 92.1 Å². The third kappa shape index (κ3) is 32.5. The van der Waals surface area contributed by atoms with Gasteiger partial charge in [0.15, 0.2) is 5.60 Å². The lowest BCUT2D eigenvalue weighted by atomic mass is 9.77. The summed E-state index contributed by atoms with van der Waals surface area (Å²) in [6.07, 6.45) is 12.3. The first-order valence-corrected chi connectivity index (χ1v) is 48.2. The van der Waals surface area contributed by atoms with Crippen LogP contribution in [0.2, 0.25) is 0 Å². The number of fused-ring (bicyclic) bond motifs is 6. The molecule has 39 heteroatoms. The van der Waals surface area contributed by atoms with E-state index in [1.807, 2.05) is 34.6 Å². The number of phenols is 2. The number of aliphatic imine (C=N–C) groups is 1. The first-order chi connectivity index (χ1) is 63.9. The standard InChI is InChI=1S/C95H140N16O22S/c1-11-63(10)85(93(130)111-39-24-27-75(111)90(127)101-73(50-60(4)5)88(125)102-83(61(6)7)91(128)103-84(62(8)9)92(129)110-38-23-26-74(110)89(126)100-72(49-59(2)3)86(123)98-36-20-17-15-13-12-14-16-18-22-48-112)104-87(124)71(105-134-58-99-64-28-31-68-67(51-64)94(131)133-95(68)69-32-29-65(113)52-76(69)132-77-53-66(114)30-33-70(77)95)25-19-21-35-96-78(115)34-37-97-79(116)54-106-40-42-107(55-80(117)118)44-46-109(57-82(121)122)47-45-108(43-41-106)56-81(119)120/h28-33,48,51-53,59-63,71-75,83-85,113-114H,11-27,34-47,49-50,54-57H2,1-10H3,(H,96,115)(H,97,116)(H,98,123)(H,100,126)(H,101,127)(H,102,125)(H,103,128)(H,104,124)(H,117,118)(H,119,120)(H,121,122)/t63-,71-,72-,73-,74-,75-,83-,84-,85-/m0/s1. The third-order valence-corrected chi connectivity index (χ3v) is 25.4. The highest BCUT2D eigenvalue weighted by atomic mass is 32.1. The number of carboxylic acid groups (broad SMARTS) is 3. The highest BCUT2D eigenvalue weighted by Gasteiger charge is 2.54. The van der Waals surface area contributed by atoms with E-state index in [0.29, 0.717) is 79.3 Å². The average molecular weight is 1890 g/mol. The Hall–Kier alpha value is -11.2. The lowest BCUT2D eigenvalue weighted by Crippen LogP contribution is -2.61. The molecular formula is C95H140N16O22S. The zero-order valence-electron chi connectivity index (χ0n) is 79.1. The molecule has 9 atom stereocenters. The van der Waals surface area contributed by atoms with Gasteiger partial charge in [-0.1, -0.05) is 120 Å². The molecule has 0 aromatic heterocycles. The van der Waals surface area contributed by atoms with E-state index >= 15 is 4.79 Å². The number of aromatic hydroxyl groups is 2. The van der Waals surface area contributed by atoms with E-state index < -0.39 is 149 Å². The van der Waals surface area contributed by atoms with Gasteiger partial charge in [0.05, 0.1) is 42.6 Å². The summed E-state index contributed by atoms with van der Waals surface area (Å²) in [5, 5.41) is 75.8. The minimum Gasteiger partial charge on any atom is -0.508 e. The molecule has 5 aliphatic rings. The van der Waals surface area contributed by atoms with Crippen molar-refractivity contribution in [2.24, 2.45) is 38.9 Å². The molecule has 738 valence electrons. The molecule has 0 saturated carbocycles. The maximum atomic E-state index is 15.2. The number of nitrogens with zero attached hydrogens (tertiary/aromatic N) is 8. The zero-order chi connectivity index (χ0) is 97.9. The number of ether oxygens (including phenoxy) is 2. The van der Waals surface area contributed by atoms with Gasteiger partial charge in [-0.3, -0.25) is 81.9 Å². The topological polar surface area (TPSA) is 516 Å². The predicted octanol–water partition coefficient (Wildman–Crippen LogP) is 5.79. The molecule has 8 rings (SSSR count). The molecule has 134 heavy (non-hydrogen) atoms. The summed E-state index contributed by atoms with van der Waals surface area (Å²) in [4.78, 5) is 218. The second-order valence-corrected chi connectivity index (χ2v) is 37.7. The van der Waals surface area contributed by atoms with Crippen LogP contribution in [-0.2, 0) is 88.6 Å². The van der Waals surface area contributed by atoms with Crippen LogP contribution in [0.1, 0.15) is 225 Å². The summed E-state index contributed by atoms with van der Waals surface area (Å²) in [6.45, 7) is 19.5. The van der Waals surface area contributed by atoms with Crippen molar-refractivity contribution in [3.05, 3.63) is 76.9 Å². The quantitative estimate of drug-likeness (QED) is 0.0105. The number of rotatable bonds is 50. The summed E-state index contributed by atoms with van der Waals surface area (Å²) in [5.41, 5.74) is 0.0699. The van der Waals surface area contributed by atoms with Gasteiger partial charge >= 0.3 is 23.9 Å². The normalized spacial score (nSPS) is 17.9. The van der Waals surface area contributed by atoms with Crippen LogP contribution >= 0.6 is 0 Å². The SMILES string of the molecule is CC[C@H](C)[C@H](NC(=O)[C@H](CCCCNC(=O)CCNC(=O)CN1CCN(CC(=O)O)CCN(CC(=O)O)CCN(CC(=O)O)CC1)N=S=C=Nc1ccc2c(c1)C(=O)OC21c2ccc(O)cc2Oc2cc(O)ccc21)C(=O)N1CCC[C@H]1C(=O)N[C@@H](CC(C)C)C(=O)N[C@H](C(=O)N[C@H](C(=O)N1CCC[C@H]1C(=O)N[C@@H](CC(C)C)C(=O)NCCCCCCCCCCC=O)C(C)C)C(C)C. The number of nitrogens with one attached hydrogen (secondary N) is 8. The number of hydrogen-bond donors (Lipinski definition) is 13. The molecule has 5 heterocycles. The third-order valence-electron chi connectivity index (χ3n) is 24.9. The van der Waals surface area contributed by atoms with Crippen LogP contribution in [0, 0.1) is 29.6 Å². The maximum Gasteiger partial charge on any atom is 0.340 e. The summed E-state index contributed by atoms with van der Waals surface area (Å²) in [6, 6.07) is 4.68. The summed E-state index contributed by atoms with van der Waals surface area (Å²) < 4.78 is 17.0. The molecule has 5 aliphatic heterocycles. The molecule has 3 fully saturated rings. The lowest BCUT2D eigenvalue weighted by molar-refractivity contribution is -0.144. The van der Waals surface area contributed by atoms with Crippen LogP contribution in [0.3, 0.4) is 0 Å². The van der Waals surface area contributed by atoms with Crippen LogP contribution in [0.25, 0.3) is 0 Å². The molecule has 3 aromatic rings. The Kier molecular flexibility index (Phi) is 43.3. The maximum absolute atomic E-state index is 15.2. The predicted molar refractivity (Wildman–Crippen MR) is 500 cm³/mol. The van der Waals surface area contributed by atoms with E-state index in [2.05, 4.69) is 57.1 Å². The summed E-state index contributed by atoms with van der Waals surface area (Å²) in [7, 11) is 0. The molecule has 1 spiro atoms. The van der Waals surface area contributed by atoms with Gasteiger partial charge in [0.1, 0.15) is 77.6 Å². The van der Waals surface area contributed by atoms with Crippen molar-refractivity contribution < 1.29 is 107 Å². The van der Waals surface area contributed by atoms with Crippen molar-refractivity contribution in [2.45, 2.75) is 252 Å². The van der Waals surface area contributed by atoms with E-state index in [-0.39, 0.29) is 189 Å². The van der Waals surface area contributed by atoms with Gasteiger partial charge in [-0.15, -0.1) is 0 Å². The van der Waals surface area contributed by atoms with Gasteiger partial charge in [-0.2, -0.15) is 4.99 Å². The Bertz CT molecular complexity index is 4610. The fourth-order valence-electron chi connectivity index (χ4n) is 17.4. The van der Waals surface area contributed by atoms with E-state index in [4.69, 9.17) is 9.47 Å². The number of amides is 10. The Morgan fingerprint density at radius 3 is 1.46 bits per heavy atom. The number of benzene rings is 3. The molecule has 0 bridgehead atoms. The van der Waals surface area contributed by atoms with Crippen molar-refractivity contribution in [1.29, 1.82) is 0 Å². The van der Waals surface area contributed by atoms with Crippen molar-refractivity contribution in [3.8, 4) is 23.0 Å². The molecule has 38 nitrogen and oxygen atoms in total. The van der Waals surface area contributed by atoms with Crippen LogP contribution in [0.5, 0.6) is 23.0 Å². The van der Waals surface area contributed by atoms with E-state index in [9.17, 15) is 92.7 Å². The fourth-order valence-corrected chi connectivity index (χ4v) is 17.9. The Balaban J connectivity index is 0.929. The van der Waals surface area contributed by atoms with Crippen LogP contribution in [0.15, 0.2) is 64.0 Å². The minimum absolute atomic E-state index is 0.0495. The van der Waals surface area contributed by atoms with Gasteiger partial charge in [0.25, 0.3) is 0 Å². The van der Waals surface area contributed by atoms with Crippen molar-refractivity contribution in [2.75, 3.05) is 111 Å². The molecule has 3 aromatic carbocycles. The largest absolute Gasteiger partial charge is 0.508 e. The fraction of sp³-hybridized carbons (Fsp3) is 0.642. The molecule has 0 aliphatic carbocycles. The van der Waals surface area contributed by atoms with Gasteiger partial charge in [0, 0.05) is 138 Å². The van der Waals surface area contributed by atoms with Crippen molar-refractivity contribution in [1.82, 2.24) is 71.9 Å². The first-order valence-electron chi connectivity index (χ1n) is 47.4. The minimum atomic E-state index is -1.55. The number of carbonyl (C=O) groups is 15. The molecule has 0 radical (unpaired) electrons. The van der Waals surface area contributed by atoms with Crippen LogP contribution in [-0.4, -0.2) is 309 Å². The molecule has 13 N–H and O–H groups in total. The number of aldehydes is 1. The number of aliphatic carboxylic acids is 3. The average Bonchev–Trinajstić information content (AvgIpc) is 1.50. The Morgan fingerprint density at radius 2 is 0.963 bits per heavy atom. The number of carbonyl (C=O) groups excluding carboxylic acids is 12. The Morgan fingerprint density at radius 1 is 0.507 bits per heavy atom. The highest BCUT2D eigenvalue weighted by Crippen LogP contribution is 2.57. The smallest absolute Gasteiger partial charge is 0.340 e. The summed E-state index contributed by atoms with van der Waals surface area (Å²) >= 11 is 0.693. The Labute approximate surface area is 787 Å². The number of hydrogen-bond acceptors (Lipinski definition) is 25. The van der Waals surface area contributed by atoms with Gasteiger partial charge in [-0.25, -0.2) is 9.16 Å². The van der Waals surface area contributed by atoms with E-state index in [1.165, 1.54) is 40.1 Å². The molecule has 10 amide bonds. The van der Waals surface area contributed by atoms with Gasteiger partial charge in [0.2, 0.25) is 59.1 Å². The van der Waals surface area contributed by atoms with Crippen LogP contribution < -0.4 is 47.3 Å². The number of likely N-dealkylation sites (tertiary alicyclic amines) is 2. The monoisotopic (exact) mass is 1890 g/mol. The lowest BCUT2D eigenvalue weighted by Gasteiger charge is -2.36. The number of carboxylic acids is 3. The van der Waals surface area contributed by atoms with E-state index in [0.717, 1.165) is 57.7 Å². The highest BCUT2D eigenvalue weighted by molar-refractivity contribution is 7.66. The zero-order valence-corrected chi connectivity index (χ0v) is 79.9. The number of phenolic OH excluding ortho intramolecular Hbond substituents is 2. The number of isothiocyanates is 1. The molecule has 0 unspecified atom stereocenters. The molecule has 3 saturated heterocycles. The summed E-state index contributed by atoms with van der Waals surface area (Å²) in [5.74, 6) is -10.9. The number of unbranched alkanes of at least 4 members (excludes halogenated alkanes) is 9. The van der Waals surface area contributed by atoms with Crippen molar-refractivity contribution >= 4 is 111 Å². The van der Waals surface area contributed by atoms with E-state index in [1.54, 1.807) is 78.5 Å². The second-order valence-electron chi connectivity index (χ2n) is 37.1. The van der Waals surface area contributed by atoms with Crippen molar-refractivity contribution in [3.63, 3.8) is 0 Å². The van der Waals surface area contributed by atoms with Gasteiger partial charge in [-0.05, 0) is 137 Å². The number of esters is 1. The second kappa shape index (κ2) is 53.7. The molecular weight excluding hydrogens is 1750 g/mol. The first kappa shape index (κ1) is 108.